The maximum absolute atomic E-state index is 5.17. The Morgan fingerprint density at radius 2 is 2.17 bits per heavy atom. The number of rotatable bonds is 1. The first-order valence-electron chi connectivity index (χ1n) is 4.69. The molecule has 0 radical (unpaired) electrons. The van der Waals surface area contributed by atoms with E-state index in [-0.39, 0.29) is 0 Å². The fourth-order valence-corrected chi connectivity index (χ4v) is 3.17. The predicted molar refractivity (Wildman–Crippen MR) is 52.4 cm³/mol. The lowest BCUT2D eigenvalue weighted by molar-refractivity contribution is 0.131. The zero-order valence-electron chi connectivity index (χ0n) is 7.45. The fourth-order valence-electron chi connectivity index (χ4n) is 2.04. The summed E-state index contributed by atoms with van der Waals surface area (Å²) in [6, 6.07) is 0. The fraction of sp³-hybridized carbons (Fsp3) is 0.889. The molecule has 1 heterocycles. The van der Waals surface area contributed by atoms with Crippen LogP contribution < -0.4 is 0 Å². The molecular formula is C9H15NOS. The molecule has 0 saturated heterocycles. The molecule has 0 aromatic carbocycles. The Morgan fingerprint density at radius 1 is 1.42 bits per heavy atom. The zero-order valence-corrected chi connectivity index (χ0v) is 8.27. The molecular weight excluding hydrogens is 170 g/mol. The molecule has 1 atom stereocenters. The molecule has 0 amide bonds. The van der Waals surface area contributed by atoms with Gasteiger partial charge in [-0.1, -0.05) is 18.0 Å². The van der Waals surface area contributed by atoms with Crippen LogP contribution in [0.15, 0.2) is 5.16 Å². The van der Waals surface area contributed by atoms with Crippen molar-refractivity contribution in [1.29, 1.82) is 0 Å². The SMILES string of the molecule is CC1=NOCC(C2CCCC2)S1. The van der Waals surface area contributed by atoms with Crippen LogP contribution in [0.25, 0.3) is 0 Å². The zero-order chi connectivity index (χ0) is 8.39. The minimum absolute atomic E-state index is 0.685. The number of thioether (sulfide) groups is 1. The highest BCUT2D eigenvalue weighted by Gasteiger charge is 2.28. The molecule has 1 fully saturated rings. The van der Waals surface area contributed by atoms with E-state index >= 15 is 0 Å². The topological polar surface area (TPSA) is 21.6 Å². The van der Waals surface area contributed by atoms with Crippen molar-refractivity contribution in [2.75, 3.05) is 6.61 Å². The van der Waals surface area contributed by atoms with Crippen LogP contribution in [0.1, 0.15) is 32.6 Å². The first kappa shape index (κ1) is 8.42. The van der Waals surface area contributed by atoms with Crippen molar-refractivity contribution in [2.24, 2.45) is 11.1 Å². The second-order valence-electron chi connectivity index (χ2n) is 3.61. The number of nitrogens with zero attached hydrogens (tertiary/aromatic N) is 1. The molecule has 12 heavy (non-hydrogen) atoms. The van der Waals surface area contributed by atoms with Crippen LogP contribution in [-0.4, -0.2) is 16.9 Å². The van der Waals surface area contributed by atoms with Crippen molar-refractivity contribution in [2.45, 2.75) is 37.9 Å². The van der Waals surface area contributed by atoms with Crippen molar-refractivity contribution >= 4 is 16.8 Å². The Morgan fingerprint density at radius 3 is 2.83 bits per heavy atom. The van der Waals surface area contributed by atoms with Gasteiger partial charge in [-0.15, -0.1) is 11.8 Å². The number of hydrogen-bond donors (Lipinski definition) is 0. The molecule has 0 spiro atoms. The van der Waals surface area contributed by atoms with E-state index in [2.05, 4.69) is 5.16 Å². The van der Waals surface area contributed by atoms with Gasteiger partial charge in [0.15, 0.2) is 0 Å². The second kappa shape index (κ2) is 3.69. The first-order valence-corrected chi connectivity index (χ1v) is 5.57. The van der Waals surface area contributed by atoms with Crippen LogP contribution in [0.4, 0.5) is 0 Å². The van der Waals surface area contributed by atoms with Crippen molar-refractivity contribution < 1.29 is 4.84 Å². The maximum Gasteiger partial charge on any atom is 0.129 e. The molecule has 68 valence electrons. The van der Waals surface area contributed by atoms with Gasteiger partial charge in [-0.3, -0.25) is 0 Å². The summed E-state index contributed by atoms with van der Waals surface area (Å²) >= 11 is 1.91. The summed E-state index contributed by atoms with van der Waals surface area (Å²) in [5.41, 5.74) is 0. The third-order valence-electron chi connectivity index (χ3n) is 2.68. The summed E-state index contributed by atoms with van der Waals surface area (Å²) in [4.78, 5) is 5.17. The van der Waals surface area contributed by atoms with Gasteiger partial charge >= 0.3 is 0 Å². The number of hydrogen-bond acceptors (Lipinski definition) is 3. The quantitative estimate of drug-likeness (QED) is 0.626. The van der Waals surface area contributed by atoms with Crippen LogP contribution in [0.2, 0.25) is 0 Å². The smallest absolute Gasteiger partial charge is 0.129 e. The molecule has 1 aliphatic carbocycles. The van der Waals surface area contributed by atoms with Crippen molar-refractivity contribution in [1.82, 2.24) is 0 Å². The van der Waals surface area contributed by atoms with E-state index in [1.54, 1.807) is 0 Å². The van der Waals surface area contributed by atoms with Gasteiger partial charge in [0.05, 0.1) is 5.25 Å². The summed E-state index contributed by atoms with van der Waals surface area (Å²) in [5, 5.41) is 5.71. The predicted octanol–water partition coefficient (Wildman–Crippen LogP) is 2.64. The lowest BCUT2D eigenvalue weighted by Crippen LogP contribution is -2.24. The van der Waals surface area contributed by atoms with Crippen LogP contribution in [0.3, 0.4) is 0 Å². The molecule has 2 rings (SSSR count). The van der Waals surface area contributed by atoms with Gasteiger partial charge in [-0.25, -0.2) is 0 Å². The first-order chi connectivity index (χ1) is 5.86. The third kappa shape index (κ3) is 1.76. The molecule has 1 aliphatic heterocycles. The molecule has 0 N–H and O–H groups in total. The van der Waals surface area contributed by atoms with Crippen molar-refractivity contribution in [3.8, 4) is 0 Å². The molecule has 0 aromatic heterocycles. The normalized spacial score (nSPS) is 31.4. The van der Waals surface area contributed by atoms with Crippen LogP contribution in [-0.2, 0) is 4.84 Å². The van der Waals surface area contributed by atoms with E-state index in [4.69, 9.17) is 4.84 Å². The molecule has 2 aliphatic rings. The highest BCUT2D eigenvalue weighted by molar-refractivity contribution is 8.14. The monoisotopic (exact) mass is 185 g/mol. The minimum Gasteiger partial charge on any atom is -0.394 e. The Balaban J connectivity index is 1.91. The summed E-state index contributed by atoms with van der Waals surface area (Å²) < 4.78 is 0. The summed E-state index contributed by atoms with van der Waals surface area (Å²) in [6.45, 7) is 2.86. The molecule has 0 aromatic rings. The average Bonchev–Trinajstić information content (AvgIpc) is 2.56. The highest BCUT2D eigenvalue weighted by Crippen LogP contribution is 2.35. The summed E-state index contributed by atoms with van der Waals surface area (Å²) in [7, 11) is 0. The highest BCUT2D eigenvalue weighted by atomic mass is 32.2. The Hall–Kier alpha value is -0.180. The largest absolute Gasteiger partial charge is 0.394 e. The average molecular weight is 185 g/mol. The summed E-state index contributed by atoms with van der Waals surface area (Å²) in [6.07, 6.45) is 5.62. The standard InChI is InChI=1S/C9H15NOS/c1-7-10-11-6-9(12-7)8-4-2-3-5-8/h8-9H,2-6H2,1H3. The second-order valence-corrected chi connectivity index (χ2v) is 5.04. The molecule has 2 nitrogen and oxygen atoms in total. The number of oxime groups is 1. The maximum atomic E-state index is 5.17. The van der Waals surface area contributed by atoms with Crippen molar-refractivity contribution in [3.63, 3.8) is 0 Å². The van der Waals surface area contributed by atoms with Crippen LogP contribution in [0, 0.1) is 5.92 Å². The van der Waals surface area contributed by atoms with Gasteiger partial charge in [-0.2, -0.15) is 0 Å². The van der Waals surface area contributed by atoms with Crippen LogP contribution >= 0.6 is 11.8 Å². The van der Waals surface area contributed by atoms with Gasteiger partial charge < -0.3 is 4.84 Å². The van der Waals surface area contributed by atoms with Crippen molar-refractivity contribution in [3.05, 3.63) is 0 Å². The van der Waals surface area contributed by atoms with Gasteiger partial charge in [0, 0.05) is 0 Å². The van der Waals surface area contributed by atoms with Gasteiger partial charge in [0.1, 0.15) is 11.7 Å². The van der Waals surface area contributed by atoms with Gasteiger partial charge in [-0.05, 0) is 25.7 Å². The van der Waals surface area contributed by atoms with E-state index in [9.17, 15) is 0 Å². The lowest BCUT2D eigenvalue weighted by Gasteiger charge is -2.24. The third-order valence-corrected chi connectivity index (χ3v) is 3.92. The van der Waals surface area contributed by atoms with E-state index in [0.29, 0.717) is 5.25 Å². The molecule has 0 bridgehead atoms. The molecule has 1 saturated carbocycles. The molecule has 1 unspecified atom stereocenters. The van der Waals surface area contributed by atoms with E-state index < -0.39 is 0 Å². The molecule has 3 heteroatoms. The lowest BCUT2D eigenvalue weighted by atomic mass is 10.0. The van der Waals surface area contributed by atoms with E-state index in [0.717, 1.165) is 17.6 Å². The van der Waals surface area contributed by atoms with Gasteiger partial charge in [0.2, 0.25) is 0 Å². The Kier molecular flexibility index (Phi) is 2.59. The Bertz CT molecular complexity index is 187. The van der Waals surface area contributed by atoms with E-state index in [1.807, 2.05) is 18.7 Å². The minimum atomic E-state index is 0.685. The summed E-state index contributed by atoms with van der Waals surface area (Å²) in [5.74, 6) is 0.889. The van der Waals surface area contributed by atoms with E-state index in [1.165, 1.54) is 25.7 Å². The van der Waals surface area contributed by atoms with Crippen LogP contribution in [0.5, 0.6) is 0 Å². The van der Waals surface area contributed by atoms with Gasteiger partial charge in [0.25, 0.3) is 0 Å². The Labute approximate surface area is 77.7 Å².